The number of urea groups is 1. The van der Waals surface area contributed by atoms with Crippen LogP contribution in [-0.2, 0) is 9.59 Å². The van der Waals surface area contributed by atoms with E-state index in [1.165, 1.54) is 27.4 Å². The van der Waals surface area contributed by atoms with E-state index in [0.717, 1.165) is 10.5 Å². The molecule has 0 saturated carbocycles. The second kappa shape index (κ2) is 8.05. The van der Waals surface area contributed by atoms with Gasteiger partial charge in [0.05, 0.1) is 32.6 Å². The van der Waals surface area contributed by atoms with Gasteiger partial charge in [-0.3, -0.25) is 14.9 Å². The Morgan fingerprint density at radius 2 is 1.48 bits per heavy atom. The second-order valence-corrected chi connectivity index (χ2v) is 6.24. The van der Waals surface area contributed by atoms with Gasteiger partial charge in [-0.2, -0.15) is 0 Å². The fourth-order valence-corrected chi connectivity index (χ4v) is 2.91. The van der Waals surface area contributed by atoms with E-state index >= 15 is 0 Å². The maximum atomic E-state index is 13.0. The third kappa shape index (κ3) is 3.77. The van der Waals surface area contributed by atoms with Crippen LogP contribution in [0.2, 0.25) is 0 Å². The molecule has 3 rings (SSSR count). The molecule has 1 saturated heterocycles. The number of carbonyl (C=O) groups excluding carboxylic acids is 3. The molecule has 29 heavy (non-hydrogen) atoms. The van der Waals surface area contributed by atoms with Crippen LogP contribution < -0.4 is 24.4 Å². The van der Waals surface area contributed by atoms with Gasteiger partial charge in [-0.25, -0.2) is 9.69 Å². The summed E-state index contributed by atoms with van der Waals surface area (Å²) in [6.07, 6.45) is 1.34. The van der Waals surface area contributed by atoms with Crippen LogP contribution in [-0.4, -0.2) is 39.2 Å². The molecule has 0 bridgehead atoms. The topological polar surface area (TPSA) is 94.2 Å². The maximum absolute atomic E-state index is 13.0. The minimum atomic E-state index is -0.810. The molecule has 150 valence electrons. The summed E-state index contributed by atoms with van der Waals surface area (Å²) in [5.41, 5.74) is 1.46. The molecule has 2 aromatic carbocycles. The Morgan fingerprint density at radius 1 is 0.897 bits per heavy atom. The Hall–Kier alpha value is -3.81. The third-order valence-corrected chi connectivity index (χ3v) is 4.44. The smallest absolute Gasteiger partial charge is 0.335 e. The Labute approximate surface area is 167 Å². The molecular weight excluding hydrogens is 376 g/mol. The molecule has 2 aromatic rings. The van der Waals surface area contributed by atoms with Crippen LogP contribution in [0, 0.1) is 6.92 Å². The molecule has 0 atom stereocenters. The number of benzene rings is 2. The molecule has 0 radical (unpaired) electrons. The highest BCUT2D eigenvalue weighted by atomic mass is 16.5. The van der Waals surface area contributed by atoms with E-state index in [1.54, 1.807) is 36.4 Å². The highest BCUT2D eigenvalue weighted by molar-refractivity contribution is 6.39. The summed E-state index contributed by atoms with van der Waals surface area (Å²) in [7, 11) is 4.39. The van der Waals surface area contributed by atoms with Crippen molar-refractivity contribution in [2.24, 2.45) is 0 Å². The predicted molar refractivity (Wildman–Crippen MR) is 106 cm³/mol. The van der Waals surface area contributed by atoms with Crippen LogP contribution in [0.15, 0.2) is 42.0 Å². The predicted octanol–water partition coefficient (Wildman–Crippen LogP) is 2.69. The molecule has 0 aromatic heterocycles. The Bertz CT molecular complexity index is 985. The number of methoxy groups -OCH3 is 3. The van der Waals surface area contributed by atoms with Crippen molar-refractivity contribution in [3.63, 3.8) is 0 Å². The van der Waals surface area contributed by atoms with Gasteiger partial charge in [-0.05, 0) is 25.1 Å². The highest BCUT2D eigenvalue weighted by Crippen LogP contribution is 2.36. The van der Waals surface area contributed by atoms with E-state index in [0.29, 0.717) is 28.5 Å². The lowest BCUT2D eigenvalue weighted by Gasteiger charge is -2.26. The monoisotopic (exact) mass is 396 g/mol. The van der Waals surface area contributed by atoms with Crippen LogP contribution in [0.25, 0.3) is 6.08 Å². The number of nitrogens with one attached hydrogen (secondary N) is 1. The molecule has 8 heteroatoms. The van der Waals surface area contributed by atoms with E-state index in [9.17, 15) is 14.4 Å². The summed E-state index contributed by atoms with van der Waals surface area (Å²) in [6, 6.07) is 9.20. The number of aryl methyl sites for hydroxylation is 1. The van der Waals surface area contributed by atoms with Crippen LogP contribution in [0.1, 0.15) is 11.1 Å². The lowest BCUT2D eigenvalue weighted by molar-refractivity contribution is -0.122. The molecule has 1 fully saturated rings. The molecule has 1 aliphatic rings. The minimum Gasteiger partial charge on any atom is -0.496 e. The van der Waals surface area contributed by atoms with E-state index in [-0.39, 0.29) is 5.57 Å². The number of ether oxygens (including phenoxy) is 3. The molecule has 4 amide bonds. The van der Waals surface area contributed by atoms with Gasteiger partial charge in [0.25, 0.3) is 11.8 Å². The van der Waals surface area contributed by atoms with Gasteiger partial charge in [0.15, 0.2) is 0 Å². The van der Waals surface area contributed by atoms with Crippen LogP contribution in [0.3, 0.4) is 0 Å². The summed E-state index contributed by atoms with van der Waals surface area (Å²) < 4.78 is 15.9. The Kier molecular flexibility index (Phi) is 5.54. The molecule has 1 N–H and O–H groups in total. The van der Waals surface area contributed by atoms with Crippen molar-refractivity contribution in [3.05, 3.63) is 53.1 Å². The van der Waals surface area contributed by atoms with E-state index in [1.807, 2.05) is 6.92 Å². The fraction of sp³-hybridized carbons (Fsp3) is 0.190. The van der Waals surface area contributed by atoms with Crippen molar-refractivity contribution in [1.82, 2.24) is 5.32 Å². The molecule has 1 aliphatic heterocycles. The molecular formula is C21H20N2O6. The first kappa shape index (κ1) is 19.9. The number of barbiturate groups is 1. The van der Waals surface area contributed by atoms with Crippen molar-refractivity contribution in [1.29, 1.82) is 0 Å². The molecule has 1 heterocycles. The standard InChI is InChI=1S/C21H20N2O6/c1-12-5-7-13(8-6-12)23-20(25)16(19(24)22-21(23)26)11-15-17(28-3)9-14(27-2)10-18(15)29-4/h5-11H,1-4H3,(H,22,24,26)/b16-11-. The summed E-state index contributed by atoms with van der Waals surface area (Å²) in [5.74, 6) is -0.385. The number of imide groups is 2. The highest BCUT2D eigenvalue weighted by Gasteiger charge is 2.37. The van der Waals surface area contributed by atoms with Gasteiger partial charge in [0.1, 0.15) is 22.8 Å². The van der Waals surface area contributed by atoms with Gasteiger partial charge in [0, 0.05) is 12.1 Å². The van der Waals surface area contributed by atoms with Crippen LogP contribution in [0.5, 0.6) is 17.2 Å². The third-order valence-electron chi connectivity index (χ3n) is 4.44. The zero-order chi connectivity index (χ0) is 21.1. The lowest BCUT2D eigenvalue weighted by atomic mass is 10.0. The van der Waals surface area contributed by atoms with Crippen molar-refractivity contribution in [2.75, 3.05) is 26.2 Å². The summed E-state index contributed by atoms with van der Waals surface area (Å²) in [6.45, 7) is 1.89. The number of rotatable bonds is 5. The summed E-state index contributed by atoms with van der Waals surface area (Å²) >= 11 is 0. The van der Waals surface area contributed by atoms with Gasteiger partial charge in [-0.1, -0.05) is 17.7 Å². The molecule has 0 aliphatic carbocycles. The average Bonchev–Trinajstić information content (AvgIpc) is 2.71. The maximum Gasteiger partial charge on any atom is 0.335 e. The Morgan fingerprint density at radius 3 is 2.00 bits per heavy atom. The molecule has 0 unspecified atom stereocenters. The SMILES string of the molecule is COc1cc(OC)c(/C=C2/C(=O)NC(=O)N(c3ccc(C)cc3)C2=O)c(OC)c1. The van der Waals surface area contributed by atoms with Gasteiger partial charge in [0.2, 0.25) is 0 Å². The van der Waals surface area contributed by atoms with E-state index in [2.05, 4.69) is 5.32 Å². The van der Waals surface area contributed by atoms with Gasteiger partial charge < -0.3 is 14.2 Å². The number of anilines is 1. The second-order valence-electron chi connectivity index (χ2n) is 6.24. The van der Waals surface area contributed by atoms with E-state index < -0.39 is 17.8 Å². The van der Waals surface area contributed by atoms with Crippen molar-refractivity contribution >= 4 is 29.6 Å². The summed E-state index contributed by atoms with van der Waals surface area (Å²) in [5, 5.41) is 2.19. The largest absolute Gasteiger partial charge is 0.496 e. The molecule has 8 nitrogen and oxygen atoms in total. The zero-order valence-corrected chi connectivity index (χ0v) is 16.4. The van der Waals surface area contributed by atoms with Crippen LogP contribution >= 0.6 is 0 Å². The lowest BCUT2D eigenvalue weighted by Crippen LogP contribution is -2.54. The first-order chi connectivity index (χ1) is 13.9. The fourth-order valence-electron chi connectivity index (χ4n) is 2.91. The minimum absolute atomic E-state index is 0.230. The number of nitrogens with zero attached hydrogens (tertiary/aromatic N) is 1. The van der Waals surface area contributed by atoms with Gasteiger partial charge in [-0.15, -0.1) is 0 Å². The van der Waals surface area contributed by atoms with Gasteiger partial charge >= 0.3 is 6.03 Å². The normalized spacial score (nSPS) is 15.4. The van der Waals surface area contributed by atoms with Crippen LogP contribution in [0.4, 0.5) is 10.5 Å². The number of hydrogen-bond acceptors (Lipinski definition) is 6. The number of carbonyl (C=O) groups is 3. The Balaban J connectivity index is 2.11. The zero-order valence-electron chi connectivity index (χ0n) is 16.4. The number of amides is 4. The quantitative estimate of drug-likeness (QED) is 0.617. The first-order valence-corrected chi connectivity index (χ1v) is 8.67. The first-order valence-electron chi connectivity index (χ1n) is 8.67. The number of hydrogen-bond donors (Lipinski definition) is 1. The van der Waals surface area contributed by atoms with Crippen molar-refractivity contribution < 1.29 is 28.6 Å². The van der Waals surface area contributed by atoms with E-state index in [4.69, 9.17) is 14.2 Å². The average molecular weight is 396 g/mol. The van der Waals surface area contributed by atoms with Crippen molar-refractivity contribution in [3.8, 4) is 17.2 Å². The van der Waals surface area contributed by atoms with Crippen molar-refractivity contribution in [2.45, 2.75) is 6.92 Å². The molecule has 0 spiro atoms. The summed E-state index contributed by atoms with van der Waals surface area (Å²) in [4.78, 5) is 38.7.